The molecule has 5 heterocycles. The summed E-state index contributed by atoms with van der Waals surface area (Å²) >= 11 is 0. The second-order valence-corrected chi connectivity index (χ2v) is 10.2. The summed E-state index contributed by atoms with van der Waals surface area (Å²) < 4.78 is 2.10. The molecule has 1 saturated carbocycles. The quantitative estimate of drug-likeness (QED) is 0.589. The minimum atomic E-state index is -0.0281. The van der Waals surface area contributed by atoms with Gasteiger partial charge in [0.05, 0.1) is 17.9 Å². The molecule has 0 bridgehead atoms. The van der Waals surface area contributed by atoms with Gasteiger partial charge in [0.1, 0.15) is 17.2 Å². The number of hydrogen-bond donors (Lipinski definition) is 1. The molecule has 0 radical (unpaired) electrons. The van der Waals surface area contributed by atoms with E-state index in [9.17, 15) is 9.59 Å². The lowest BCUT2D eigenvalue weighted by Gasteiger charge is -2.36. The molecule has 3 aromatic heterocycles. The Hall–Kier alpha value is -3.53. The van der Waals surface area contributed by atoms with Gasteiger partial charge in [-0.05, 0) is 50.4 Å². The molecule has 188 valence electrons. The van der Waals surface area contributed by atoms with E-state index >= 15 is 0 Å². The van der Waals surface area contributed by atoms with Gasteiger partial charge in [-0.1, -0.05) is 12.8 Å². The van der Waals surface area contributed by atoms with Crippen molar-refractivity contribution in [3.05, 3.63) is 36.3 Å². The molecule has 36 heavy (non-hydrogen) atoms. The van der Waals surface area contributed by atoms with Crippen molar-refractivity contribution in [1.82, 2.24) is 29.3 Å². The first-order valence-electron chi connectivity index (χ1n) is 12.9. The summed E-state index contributed by atoms with van der Waals surface area (Å²) in [6.07, 6.45) is 9.92. The van der Waals surface area contributed by atoms with Crippen LogP contribution in [0.5, 0.6) is 0 Å². The molecule has 2 amide bonds. The molecule has 1 atom stereocenters. The second-order valence-electron chi connectivity index (χ2n) is 10.2. The van der Waals surface area contributed by atoms with E-state index in [1.54, 1.807) is 31.4 Å². The lowest BCUT2D eigenvalue weighted by Crippen LogP contribution is -2.54. The number of anilines is 3. The van der Waals surface area contributed by atoms with Crippen LogP contribution in [0.3, 0.4) is 0 Å². The smallest absolute Gasteiger partial charge is 0.270 e. The van der Waals surface area contributed by atoms with Crippen LogP contribution >= 0.6 is 0 Å². The van der Waals surface area contributed by atoms with Gasteiger partial charge in [0.15, 0.2) is 0 Å². The molecular weight excluding hydrogens is 456 g/mol. The maximum absolute atomic E-state index is 12.9. The van der Waals surface area contributed by atoms with E-state index in [0.29, 0.717) is 24.0 Å². The first kappa shape index (κ1) is 22.9. The molecule has 0 spiro atoms. The highest BCUT2D eigenvalue weighted by Gasteiger charge is 2.38. The van der Waals surface area contributed by atoms with Gasteiger partial charge < -0.3 is 19.7 Å². The van der Waals surface area contributed by atoms with Crippen LogP contribution in [-0.4, -0.2) is 80.9 Å². The molecule has 2 saturated heterocycles. The second kappa shape index (κ2) is 9.16. The molecule has 1 aliphatic carbocycles. The highest BCUT2D eigenvalue weighted by Crippen LogP contribution is 2.35. The summed E-state index contributed by atoms with van der Waals surface area (Å²) in [6.45, 7) is 2.61. The molecular formula is C26H32N8O2. The Morgan fingerprint density at radius 2 is 1.86 bits per heavy atom. The predicted molar refractivity (Wildman–Crippen MR) is 138 cm³/mol. The van der Waals surface area contributed by atoms with Gasteiger partial charge in [-0.25, -0.2) is 9.97 Å². The van der Waals surface area contributed by atoms with E-state index in [-0.39, 0.29) is 23.9 Å². The van der Waals surface area contributed by atoms with E-state index in [1.807, 2.05) is 23.1 Å². The Bertz CT molecular complexity index is 1300. The van der Waals surface area contributed by atoms with Gasteiger partial charge in [-0.2, -0.15) is 4.98 Å². The van der Waals surface area contributed by atoms with E-state index < -0.39 is 0 Å². The molecule has 3 fully saturated rings. The highest BCUT2D eigenvalue weighted by molar-refractivity contribution is 5.98. The first-order valence-corrected chi connectivity index (χ1v) is 12.9. The molecule has 1 N–H and O–H groups in total. The van der Waals surface area contributed by atoms with Crippen molar-refractivity contribution in [2.75, 3.05) is 43.9 Å². The summed E-state index contributed by atoms with van der Waals surface area (Å²) in [5.41, 5.74) is 2.24. The van der Waals surface area contributed by atoms with Crippen LogP contribution in [0.15, 0.2) is 30.6 Å². The Balaban J connectivity index is 1.25. The van der Waals surface area contributed by atoms with Gasteiger partial charge in [0.2, 0.25) is 11.9 Å². The van der Waals surface area contributed by atoms with Gasteiger partial charge >= 0.3 is 0 Å². The van der Waals surface area contributed by atoms with Crippen LogP contribution in [0.4, 0.5) is 17.5 Å². The zero-order valence-corrected chi connectivity index (χ0v) is 20.9. The molecule has 6 rings (SSSR count). The lowest BCUT2D eigenvalue weighted by atomic mass is 10.1. The number of hydrogen-bond acceptors (Lipinski definition) is 7. The largest absolute Gasteiger partial charge is 0.343 e. The highest BCUT2D eigenvalue weighted by atomic mass is 16.2. The van der Waals surface area contributed by atoms with Gasteiger partial charge in [-0.15, -0.1) is 0 Å². The Labute approximate surface area is 210 Å². The third kappa shape index (κ3) is 3.99. The molecule has 2 aliphatic heterocycles. The normalized spacial score (nSPS) is 20.8. The van der Waals surface area contributed by atoms with E-state index in [1.165, 1.54) is 0 Å². The summed E-state index contributed by atoms with van der Waals surface area (Å²) in [7, 11) is 3.54. The van der Waals surface area contributed by atoms with Crippen LogP contribution in [-0.2, 0) is 4.79 Å². The number of aromatic nitrogens is 4. The van der Waals surface area contributed by atoms with E-state index in [0.717, 1.165) is 68.3 Å². The van der Waals surface area contributed by atoms with E-state index in [2.05, 4.69) is 24.8 Å². The summed E-state index contributed by atoms with van der Waals surface area (Å²) in [6, 6.07) is 5.95. The molecule has 0 aromatic carbocycles. The number of nitrogens with zero attached hydrogens (tertiary/aromatic N) is 7. The van der Waals surface area contributed by atoms with Crippen molar-refractivity contribution >= 4 is 40.3 Å². The monoisotopic (exact) mass is 488 g/mol. The third-order valence-electron chi connectivity index (χ3n) is 7.72. The van der Waals surface area contributed by atoms with Crippen molar-refractivity contribution < 1.29 is 9.59 Å². The molecule has 10 nitrogen and oxygen atoms in total. The fourth-order valence-corrected chi connectivity index (χ4v) is 5.88. The number of carbonyl (C=O) groups excluding carboxylic acids is 2. The van der Waals surface area contributed by atoms with Crippen molar-refractivity contribution in [1.29, 1.82) is 0 Å². The number of carbonyl (C=O) groups is 2. The van der Waals surface area contributed by atoms with Crippen LogP contribution < -0.4 is 10.2 Å². The molecule has 0 unspecified atom stereocenters. The average Bonchev–Trinajstić information content (AvgIpc) is 3.64. The Morgan fingerprint density at radius 1 is 1.03 bits per heavy atom. The standard InChI is InChI=1S/C26H32N8O2/c1-31(2)24(35)21-14-17-15-28-26(30-23(17)34(21)18-6-3-4-7-18)29-22-10-9-19(16-27-22)33-13-12-32-11-5-8-20(32)25(33)36/h9-10,14-16,18,20H,3-8,11-13H2,1-2H3,(H,27,28,29,30)/t20-/m1/s1. The molecule has 10 heteroatoms. The topological polar surface area (TPSA) is 99.5 Å². The fraction of sp³-hybridized carbons (Fsp3) is 0.500. The van der Waals surface area contributed by atoms with Gasteiger partial charge in [-0.3, -0.25) is 14.5 Å². The lowest BCUT2D eigenvalue weighted by molar-refractivity contribution is -0.124. The van der Waals surface area contributed by atoms with Crippen molar-refractivity contribution in [2.45, 2.75) is 50.6 Å². The molecule has 3 aromatic rings. The number of fused-ring (bicyclic) bond motifs is 2. The average molecular weight is 489 g/mol. The first-order chi connectivity index (χ1) is 17.5. The number of pyridine rings is 1. The van der Waals surface area contributed by atoms with Gasteiger partial charge in [0, 0.05) is 44.8 Å². The van der Waals surface area contributed by atoms with Crippen LogP contribution in [0, 0.1) is 0 Å². The zero-order valence-electron chi connectivity index (χ0n) is 20.9. The maximum Gasteiger partial charge on any atom is 0.270 e. The van der Waals surface area contributed by atoms with Crippen LogP contribution in [0.2, 0.25) is 0 Å². The third-order valence-corrected chi connectivity index (χ3v) is 7.72. The minimum Gasteiger partial charge on any atom is -0.343 e. The van der Waals surface area contributed by atoms with Crippen LogP contribution in [0.25, 0.3) is 11.0 Å². The predicted octanol–water partition coefficient (Wildman–Crippen LogP) is 3.20. The summed E-state index contributed by atoms with van der Waals surface area (Å²) in [5.74, 6) is 1.18. The summed E-state index contributed by atoms with van der Waals surface area (Å²) in [5, 5.41) is 4.05. The van der Waals surface area contributed by atoms with Gasteiger partial charge in [0.25, 0.3) is 5.91 Å². The maximum atomic E-state index is 12.9. The fourth-order valence-electron chi connectivity index (χ4n) is 5.88. The minimum absolute atomic E-state index is 0.0112. The zero-order chi connectivity index (χ0) is 24.8. The molecule has 3 aliphatic rings. The summed E-state index contributed by atoms with van der Waals surface area (Å²) in [4.78, 5) is 45.4. The van der Waals surface area contributed by atoms with E-state index in [4.69, 9.17) is 4.98 Å². The number of amides is 2. The number of rotatable bonds is 5. The van der Waals surface area contributed by atoms with Crippen LogP contribution in [0.1, 0.15) is 55.1 Å². The van der Waals surface area contributed by atoms with Crippen molar-refractivity contribution in [3.63, 3.8) is 0 Å². The SMILES string of the molecule is CN(C)C(=O)c1cc2cnc(Nc3ccc(N4CCN5CCC[C@@H]5C4=O)cn3)nc2n1C1CCCC1. The van der Waals surface area contributed by atoms with Crippen molar-refractivity contribution in [2.24, 2.45) is 0 Å². The Morgan fingerprint density at radius 3 is 2.61 bits per heavy atom. The van der Waals surface area contributed by atoms with Crippen molar-refractivity contribution in [3.8, 4) is 0 Å². The number of nitrogens with one attached hydrogen (secondary N) is 1. The Kier molecular flexibility index (Phi) is 5.83. The number of piperazine rings is 1.